The molecule has 0 atom stereocenters. The van der Waals surface area contributed by atoms with Crippen molar-refractivity contribution in [2.75, 3.05) is 26.9 Å². The van der Waals surface area contributed by atoms with Crippen molar-refractivity contribution in [2.45, 2.75) is 6.54 Å². The number of hydrogen-bond donors (Lipinski definition) is 0. The van der Waals surface area contributed by atoms with Gasteiger partial charge in [-0.05, 0) is 41.5 Å². The van der Waals surface area contributed by atoms with E-state index < -0.39 is 5.97 Å². The second kappa shape index (κ2) is 9.28. The fourth-order valence-electron chi connectivity index (χ4n) is 2.61. The van der Waals surface area contributed by atoms with Crippen molar-refractivity contribution in [1.82, 2.24) is 4.90 Å². The van der Waals surface area contributed by atoms with E-state index in [1.807, 2.05) is 24.3 Å². The van der Waals surface area contributed by atoms with Gasteiger partial charge in [0.25, 0.3) is 5.91 Å². The van der Waals surface area contributed by atoms with Crippen molar-refractivity contribution in [3.63, 3.8) is 0 Å². The monoisotopic (exact) mass is 401 g/mol. The Kier molecular flexibility index (Phi) is 6.55. The van der Waals surface area contributed by atoms with Crippen molar-refractivity contribution in [3.8, 4) is 11.5 Å². The molecular weight excluding hydrogens is 382 g/mol. The molecule has 0 N–H and O–H groups in total. The van der Waals surface area contributed by atoms with Crippen LogP contribution in [0.5, 0.6) is 11.5 Å². The van der Waals surface area contributed by atoms with Gasteiger partial charge in [-0.3, -0.25) is 4.79 Å². The summed E-state index contributed by atoms with van der Waals surface area (Å²) in [6.45, 7) is 1.07. The molecule has 28 heavy (non-hydrogen) atoms. The fourth-order valence-corrected chi connectivity index (χ4v) is 2.81. The van der Waals surface area contributed by atoms with Crippen molar-refractivity contribution >= 4 is 29.6 Å². The van der Waals surface area contributed by atoms with Gasteiger partial charge in [-0.1, -0.05) is 29.8 Å². The summed E-state index contributed by atoms with van der Waals surface area (Å²) in [6, 6.07) is 12.6. The number of fused-ring (bicyclic) bond motifs is 1. The zero-order valence-corrected chi connectivity index (χ0v) is 16.1. The minimum Gasteiger partial charge on any atom is -0.486 e. The minimum absolute atomic E-state index is 0.306. The van der Waals surface area contributed by atoms with Gasteiger partial charge in [-0.2, -0.15) is 0 Å². The van der Waals surface area contributed by atoms with Crippen LogP contribution in [0.3, 0.4) is 0 Å². The van der Waals surface area contributed by atoms with Crippen LogP contribution in [0.1, 0.15) is 11.1 Å². The van der Waals surface area contributed by atoms with Crippen LogP contribution in [0.15, 0.2) is 48.5 Å². The van der Waals surface area contributed by atoms with E-state index in [1.165, 1.54) is 11.0 Å². The Morgan fingerprint density at radius 3 is 2.71 bits per heavy atom. The molecule has 2 aromatic rings. The highest BCUT2D eigenvalue weighted by Gasteiger charge is 2.15. The SMILES string of the molecule is CN(Cc1ccc2c(c1)OCCO2)C(=O)COC(=O)/C=C/c1cccc(Cl)c1. The Bertz CT molecular complexity index is 896. The van der Waals surface area contributed by atoms with E-state index in [-0.39, 0.29) is 12.5 Å². The zero-order valence-electron chi connectivity index (χ0n) is 15.4. The van der Waals surface area contributed by atoms with Crippen LogP contribution in [0.2, 0.25) is 5.02 Å². The molecule has 0 aliphatic carbocycles. The van der Waals surface area contributed by atoms with Crippen LogP contribution in [0.4, 0.5) is 0 Å². The number of esters is 1. The van der Waals surface area contributed by atoms with Crippen LogP contribution >= 0.6 is 11.6 Å². The molecule has 1 heterocycles. The van der Waals surface area contributed by atoms with Gasteiger partial charge in [0.2, 0.25) is 0 Å². The van der Waals surface area contributed by atoms with Crippen molar-refractivity contribution in [3.05, 3.63) is 64.7 Å². The molecule has 146 valence electrons. The summed E-state index contributed by atoms with van der Waals surface area (Å²) < 4.78 is 16.0. The number of benzene rings is 2. The molecule has 6 nitrogen and oxygen atoms in total. The second-order valence-corrected chi connectivity index (χ2v) is 6.66. The van der Waals surface area contributed by atoms with Crippen molar-refractivity contribution in [2.24, 2.45) is 0 Å². The number of hydrogen-bond acceptors (Lipinski definition) is 5. The Morgan fingerprint density at radius 2 is 1.93 bits per heavy atom. The first-order chi connectivity index (χ1) is 13.5. The second-order valence-electron chi connectivity index (χ2n) is 6.22. The van der Waals surface area contributed by atoms with Gasteiger partial charge in [0.15, 0.2) is 18.1 Å². The number of ether oxygens (including phenoxy) is 3. The molecule has 7 heteroatoms. The highest BCUT2D eigenvalue weighted by atomic mass is 35.5. The van der Waals surface area contributed by atoms with Crippen LogP contribution in [-0.4, -0.2) is 43.6 Å². The zero-order chi connectivity index (χ0) is 19.9. The number of nitrogens with zero attached hydrogens (tertiary/aromatic N) is 1. The lowest BCUT2D eigenvalue weighted by atomic mass is 10.2. The minimum atomic E-state index is -0.596. The summed E-state index contributed by atoms with van der Waals surface area (Å²) in [6.07, 6.45) is 2.84. The molecule has 0 fully saturated rings. The number of carbonyl (C=O) groups is 2. The van der Waals surface area contributed by atoms with Gasteiger partial charge in [0.1, 0.15) is 13.2 Å². The summed E-state index contributed by atoms with van der Waals surface area (Å²) in [5, 5.41) is 0.575. The lowest BCUT2D eigenvalue weighted by Gasteiger charge is -2.21. The molecule has 1 aliphatic heterocycles. The Labute approximate surface area is 168 Å². The molecule has 0 saturated carbocycles. The smallest absolute Gasteiger partial charge is 0.331 e. The number of carbonyl (C=O) groups excluding carboxylic acids is 2. The first-order valence-corrected chi connectivity index (χ1v) is 9.12. The Morgan fingerprint density at radius 1 is 1.14 bits per heavy atom. The Hall–Kier alpha value is -2.99. The standard InChI is InChI=1S/C21H20ClNO5/c1-23(13-16-5-7-18-19(12-16)27-10-9-26-18)20(24)14-28-21(25)8-6-15-3-2-4-17(22)11-15/h2-8,11-12H,9-10,13-14H2,1H3/b8-6+. The maximum absolute atomic E-state index is 12.2. The van der Waals surface area contributed by atoms with Crippen LogP contribution < -0.4 is 9.47 Å². The third-order valence-corrected chi connectivity index (χ3v) is 4.29. The highest BCUT2D eigenvalue weighted by molar-refractivity contribution is 6.30. The van der Waals surface area contributed by atoms with E-state index in [9.17, 15) is 9.59 Å². The average molecular weight is 402 g/mol. The highest BCUT2D eigenvalue weighted by Crippen LogP contribution is 2.31. The van der Waals surface area contributed by atoms with E-state index in [0.29, 0.717) is 36.3 Å². The third-order valence-electron chi connectivity index (χ3n) is 4.05. The fraction of sp³-hybridized carbons (Fsp3) is 0.238. The quantitative estimate of drug-likeness (QED) is 0.548. The normalized spacial score (nSPS) is 12.6. The first-order valence-electron chi connectivity index (χ1n) is 8.74. The maximum atomic E-state index is 12.2. The lowest BCUT2D eigenvalue weighted by molar-refractivity contribution is -0.147. The molecule has 1 amide bonds. The molecular formula is C21H20ClNO5. The molecule has 2 aromatic carbocycles. The average Bonchev–Trinajstić information content (AvgIpc) is 2.70. The van der Waals surface area contributed by atoms with Crippen molar-refractivity contribution in [1.29, 1.82) is 0 Å². The van der Waals surface area contributed by atoms with Crippen LogP contribution in [0.25, 0.3) is 6.08 Å². The van der Waals surface area contributed by atoms with E-state index in [4.69, 9.17) is 25.8 Å². The van der Waals surface area contributed by atoms with E-state index in [0.717, 1.165) is 11.1 Å². The van der Waals surface area contributed by atoms with Gasteiger partial charge < -0.3 is 19.1 Å². The molecule has 0 aromatic heterocycles. The number of amides is 1. The molecule has 0 radical (unpaired) electrons. The van der Waals surface area contributed by atoms with Crippen molar-refractivity contribution < 1.29 is 23.8 Å². The summed E-state index contributed by atoms with van der Waals surface area (Å²) >= 11 is 5.89. The number of rotatable bonds is 6. The molecule has 0 spiro atoms. The van der Waals surface area contributed by atoms with Gasteiger partial charge in [-0.15, -0.1) is 0 Å². The summed E-state index contributed by atoms with van der Waals surface area (Å²) in [5.41, 5.74) is 1.67. The summed E-state index contributed by atoms with van der Waals surface area (Å²) in [4.78, 5) is 25.5. The van der Waals surface area contributed by atoms with Gasteiger partial charge in [-0.25, -0.2) is 4.79 Å². The number of likely N-dealkylation sites (N-methyl/N-ethyl adjacent to an activating group) is 1. The largest absolute Gasteiger partial charge is 0.486 e. The topological polar surface area (TPSA) is 65.1 Å². The molecule has 0 bridgehead atoms. The molecule has 0 saturated heterocycles. The van der Waals surface area contributed by atoms with Gasteiger partial charge >= 0.3 is 5.97 Å². The van der Waals surface area contributed by atoms with Crippen LogP contribution in [0, 0.1) is 0 Å². The van der Waals surface area contributed by atoms with E-state index in [2.05, 4.69) is 0 Å². The maximum Gasteiger partial charge on any atom is 0.331 e. The lowest BCUT2D eigenvalue weighted by Crippen LogP contribution is -2.30. The predicted molar refractivity (Wildman–Crippen MR) is 105 cm³/mol. The first kappa shape index (κ1) is 19.8. The van der Waals surface area contributed by atoms with Gasteiger partial charge in [0.05, 0.1) is 0 Å². The van der Waals surface area contributed by atoms with Crippen LogP contribution in [-0.2, 0) is 20.9 Å². The third kappa shape index (κ3) is 5.50. The summed E-state index contributed by atoms with van der Waals surface area (Å²) in [7, 11) is 1.65. The van der Waals surface area contributed by atoms with E-state index in [1.54, 1.807) is 31.3 Å². The molecule has 1 aliphatic rings. The molecule has 0 unspecified atom stereocenters. The Balaban J connectivity index is 1.48. The summed E-state index contributed by atoms with van der Waals surface area (Å²) in [5.74, 6) is 0.465. The molecule has 3 rings (SSSR count). The predicted octanol–water partition coefficient (Wildman–Crippen LogP) is 3.33. The van der Waals surface area contributed by atoms with Gasteiger partial charge in [0, 0.05) is 24.7 Å². The number of halogens is 1. The van der Waals surface area contributed by atoms with E-state index >= 15 is 0 Å².